The van der Waals surface area contributed by atoms with Crippen LogP contribution in [0.3, 0.4) is 0 Å². The van der Waals surface area contributed by atoms with Gasteiger partial charge in [0.1, 0.15) is 5.52 Å². The second-order valence-electron chi connectivity index (χ2n) is 6.02. The van der Waals surface area contributed by atoms with Crippen molar-refractivity contribution >= 4 is 23.1 Å². The maximum Gasteiger partial charge on any atom is 0.314 e. The highest BCUT2D eigenvalue weighted by Crippen LogP contribution is 2.25. The summed E-state index contributed by atoms with van der Waals surface area (Å²) in [5, 5.41) is 5.69. The first-order valence-electron chi connectivity index (χ1n) is 8.37. The molecule has 1 aromatic heterocycles. The molecule has 2 amide bonds. The number of carbonyl (C=O) groups is 1. The number of oxazole rings is 1. The fraction of sp³-hybridized carbons (Fsp3) is 0.529. The minimum absolute atomic E-state index is 0.131. The van der Waals surface area contributed by atoms with Crippen molar-refractivity contribution in [3.8, 4) is 0 Å². The Bertz CT molecular complexity index is 632. The van der Waals surface area contributed by atoms with Crippen molar-refractivity contribution < 1.29 is 13.9 Å². The lowest BCUT2D eigenvalue weighted by atomic mass is 9.97. The summed E-state index contributed by atoms with van der Waals surface area (Å²) >= 11 is 0. The van der Waals surface area contributed by atoms with Gasteiger partial charge in [-0.2, -0.15) is 4.98 Å². The van der Waals surface area contributed by atoms with Crippen molar-refractivity contribution in [3.05, 3.63) is 24.3 Å². The van der Waals surface area contributed by atoms with Gasteiger partial charge in [-0.3, -0.25) is 0 Å². The molecule has 2 N–H and O–H groups in total. The number of ether oxygens (including phenoxy) is 1. The van der Waals surface area contributed by atoms with Gasteiger partial charge in [-0.05, 0) is 30.9 Å². The summed E-state index contributed by atoms with van der Waals surface area (Å²) < 4.78 is 10.7. The van der Waals surface area contributed by atoms with Crippen LogP contribution in [0.4, 0.5) is 10.8 Å². The zero-order valence-electron chi connectivity index (χ0n) is 14.0. The van der Waals surface area contributed by atoms with Crippen molar-refractivity contribution in [2.75, 3.05) is 44.8 Å². The lowest BCUT2D eigenvalue weighted by Crippen LogP contribution is -2.42. The number of rotatable bonds is 6. The van der Waals surface area contributed by atoms with Gasteiger partial charge < -0.3 is 24.7 Å². The normalized spacial score (nSPS) is 15.6. The molecule has 24 heavy (non-hydrogen) atoms. The van der Waals surface area contributed by atoms with E-state index in [1.54, 1.807) is 7.11 Å². The quantitative estimate of drug-likeness (QED) is 0.791. The fourth-order valence-corrected chi connectivity index (χ4v) is 2.89. The summed E-state index contributed by atoms with van der Waals surface area (Å²) in [5.74, 6) is 0.485. The number of hydrogen-bond donors (Lipinski definition) is 2. The molecule has 0 radical (unpaired) electrons. The molecule has 1 aromatic carbocycles. The number of methoxy groups -OCH3 is 1. The van der Waals surface area contributed by atoms with E-state index in [1.807, 2.05) is 24.3 Å². The van der Waals surface area contributed by atoms with Crippen LogP contribution in [0.2, 0.25) is 0 Å². The number of urea groups is 1. The van der Waals surface area contributed by atoms with Gasteiger partial charge in [0, 0.05) is 33.3 Å². The Hall–Kier alpha value is -2.28. The third-order valence-electron chi connectivity index (χ3n) is 4.31. The Morgan fingerprint density at radius 2 is 2.12 bits per heavy atom. The molecule has 1 aliphatic rings. The second kappa shape index (κ2) is 8.01. The highest BCUT2D eigenvalue weighted by molar-refractivity contribution is 5.74. The topological polar surface area (TPSA) is 79.6 Å². The summed E-state index contributed by atoms with van der Waals surface area (Å²) in [6.45, 7) is 3.53. The van der Waals surface area contributed by atoms with E-state index >= 15 is 0 Å². The van der Waals surface area contributed by atoms with Crippen LogP contribution >= 0.6 is 0 Å². The van der Waals surface area contributed by atoms with Gasteiger partial charge in [0.05, 0.1) is 6.61 Å². The number of amides is 2. The molecule has 1 aliphatic heterocycles. The number of nitrogens with one attached hydrogen (secondary N) is 2. The zero-order chi connectivity index (χ0) is 16.8. The van der Waals surface area contributed by atoms with Crippen LogP contribution in [0.25, 0.3) is 11.1 Å². The third-order valence-corrected chi connectivity index (χ3v) is 4.31. The van der Waals surface area contributed by atoms with Gasteiger partial charge in [-0.25, -0.2) is 4.79 Å². The number of fused-ring (bicyclic) bond motifs is 1. The number of anilines is 1. The van der Waals surface area contributed by atoms with E-state index < -0.39 is 0 Å². The van der Waals surface area contributed by atoms with E-state index in [0.29, 0.717) is 31.6 Å². The van der Waals surface area contributed by atoms with Gasteiger partial charge in [0.2, 0.25) is 0 Å². The molecular formula is C17H24N4O3. The molecule has 3 rings (SSSR count). The van der Waals surface area contributed by atoms with Gasteiger partial charge in [-0.15, -0.1) is 0 Å². The second-order valence-corrected chi connectivity index (χ2v) is 6.02. The average Bonchev–Trinajstić information content (AvgIpc) is 3.05. The summed E-state index contributed by atoms with van der Waals surface area (Å²) in [7, 11) is 1.62. The summed E-state index contributed by atoms with van der Waals surface area (Å²) in [4.78, 5) is 18.4. The van der Waals surface area contributed by atoms with Crippen molar-refractivity contribution in [1.82, 2.24) is 15.6 Å². The SMILES string of the molecule is COCCNC(=O)NCC1CCN(c2nc3ccccc3o2)CC1. The highest BCUT2D eigenvalue weighted by Gasteiger charge is 2.22. The third kappa shape index (κ3) is 4.17. The molecular weight excluding hydrogens is 308 g/mol. The molecule has 0 saturated carbocycles. The van der Waals surface area contributed by atoms with Crippen LogP contribution in [-0.4, -0.2) is 50.9 Å². The average molecular weight is 332 g/mol. The predicted molar refractivity (Wildman–Crippen MR) is 92.2 cm³/mol. The number of para-hydroxylation sites is 2. The van der Waals surface area contributed by atoms with Gasteiger partial charge in [-0.1, -0.05) is 12.1 Å². The van der Waals surface area contributed by atoms with Crippen LogP contribution in [0.5, 0.6) is 0 Å². The Morgan fingerprint density at radius 1 is 1.33 bits per heavy atom. The van der Waals surface area contributed by atoms with E-state index in [2.05, 4.69) is 20.5 Å². The highest BCUT2D eigenvalue weighted by atomic mass is 16.5. The molecule has 7 nitrogen and oxygen atoms in total. The molecule has 1 saturated heterocycles. The minimum Gasteiger partial charge on any atom is -0.423 e. The molecule has 0 atom stereocenters. The fourth-order valence-electron chi connectivity index (χ4n) is 2.89. The molecule has 2 heterocycles. The van der Waals surface area contributed by atoms with Gasteiger partial charge >= 0.3 is 6.03 Å². The summed E-state index contributed by atoms with van der Waals surface area (Å²) in [5.41, 5.74) is 1.72. The molecule has 7 heteroatoms. The summed E-state index contributed by atoms with van der Waals surface area (Å²) in [6.07, 6.45) is 2.02. The van der Waals surface area contributed by atoms with Crippen molar-refractivity contribution in [2.24, 2.45) is 5.92 Å². The first-order valence-corrected chi connectivity index (χ1v) is 8.37. The van der Waals surface area contributed by atoms with Crippen molar-refractivity contribution in [3.63, 3.8) is 0 Å². The Kier molecular flexibility index (Phi) is 5.53. The lowest BCUT2D eigenvalue weighted by Gasteiger charge is -2.30. The number of piperidine rings is 1. The maximum atomic E-state index is 11.6. The molecule has 0 aliphatic carbocycles. The van der Waals surface area contributed by atoms with Crippen LogP contribution < -0.4 is 15.5 Å². The van der Waals surface area contributed by atoms with Crippen molar-refractivity contribution in [1.29, 1.82) is 0 Å². The van der Waals surface area contributed by atoms with E-state index in [4.69, 9.17) is 9.15 Å². The van der Waals surface area contributed by atoms with Gasteiger partial charge in [0.25, 0.3) is 6.01 Å². The maximum absolute atomic E-state index is 11.6. The van der Waals surface area contributed by atoms with E-state index in [0.717, 1.165) is 37.0 Å². The van der Waals surface area contributed by atoms with Gasteiger partial charge in [0.15, 0.2) is 5.58 Å². The summed E-state index contributed by atoms with van der Waals surface area (Å²) in [6, 6.07) is 8.37. The Morgan fingerprint density at radius 3 is 2.88 bits per heavy atom. The Balaban J connectivity index is 1.43. The van der Waals surface area contributed by atoms with E-state index in [9.17, 15) is 4.79 Å². The molecule has 1 fully saturated rings. The van der Waals surface area contributed by atoms with Crippen LogP contribution in [0.15, 0.2) is 28.7 Å². The number of aromatic nitrogens is 1. The smallest absolute Gasteiger partial charge is 0.314 e. The number of nitrogens with zero attached hydrogens (tertiary/aromatic N) is 2. The number of hydrogen-bond acceptors (Lipinski definition) is 5. The number of carbonyl (C=O) groups excluding carboxylic acids is 1. The molecule has 0 unspecified atom stereocenters. The standard InChI is InChI=1S/C17H24N4O3/c1-23-11-8-18-16(22)19-12-13-6-9-21(10-7-13)17-20-14-4-2-3-5-15(14)24-17/h2-5,13H,6-12H2,1H3,(H2,18,19,22). The van der Waals surface area contributed by atoms with E-state index in [-0.39, 0.29) is 6.03 Å². The largest absolute Gasteiger partial charge is 0.423 e. The Labute approximate surface area is 141 Å². The van der Waals surface area contributed by atoms with Crippen LogP contribution in [-0.2, 0) is 4.74 Å². The minimum atomic E-state index is -0.131. The lowest BCUT2D eigenvalue weighted by molar-refractivity contribution is 0.195. The number of benzene rings is 1. The molecule has 2 aromatic rings. The molecule has 0 spiro atoms. The predicted octanol–water partition coefficient (Wildman–Crippen LogP) is 1.99. The zero-order valence-corrected chi connectivity index (χ0v) is 14.0. The first kappa shape index (κ1) is 16.6. The van der Waals surface area contributed by atoms with Crippen molar-refractivity contribution in [2.45, 2.75) is 12.8 Å². The molecule has 0 bridgehead atoms. The monoisotopic (exact) mass is 332 g/mol. The van der Waals surface area contributed by atoms with E-state index in [1.165, 1.54) is 0 Å². The van der Waals surface area contributed by atoms with Crippen LogP contribution in [0.1, 0.15) is 12.8 Å². The first-order chi connectivity index (χ1) is 11.8. The van der Waals surface area contributed by atoms with Crippen LogP contribution in [0, 0.1) is 5.92 Å². The molecule has 130 valence electrons.